The largest absolute Gasteiger partial charge is 0.350 e. The van der Waals surface area contributed by atoms with Gasteiger partial charge < -0.3 is 4.57 Å². The molecular formula is C16H11Cl2NO. The minimum atomic E-state index is -0.155. The van der Waals surface area contributed by atoms with Gasteiger partial charge in [0, 0.05) is 29.7 Å². The van der Waals surface area contributed by atoms with Crippen LogP contribution in [0.3, 0.4) is 0 Å². The zero-order valence-electron chi connectivity index (χ0n) is 10.7. The number of ketones is 1. The van der Waals surface area contributed by atoms with E-state index in [1.165, 1.54) is 0 Å². The number of carbonyl (C=O) groups is 1. The van der Waals surface area contributed by atoms with E-state index in [9.17, 15) is 4.79 Å². The maximum Gasteiger partial charge on any atom is 0.198 e. The van der Waals surface area contributed by atoms with Gasteiger partial charge >= 0.3 is 0 Å². The summed E-state index contributed by atoms with van der Waals surface area (Å²) in [7, 11) is 1.91. The number of halogens is 2. The van der Waals surface area contributed by atoms with Crippen molar-refractivity contribution in [2.45, 2.75) is 0 Å². The summed E-state index contributed by atoms with van der Waals surface area (Å²) >= 11 is 12.2. The normalized spacial score (nSPS) is 10.9. The summed E-state index contributed by atoms with van der Waals surface area (Å²) in [4.78, 5) is 12.7. The van der Waals surface area contributed by atoms with Crippen molar-refractivity contribution in [3.63, 3.8) is 0 Å². The molecule has 0 unspecified atom stereocenters. The van der Waals surface area contributed by atoms with Crippen molar-refractivity contribution in [3.05, 3.63) is 69.8 Å². The van der Waals surface area contributed by atoms with Gasteiger partial charge in [-0.15, -0.1) is 0 Å². The van der Waals surface area contributed by atoms with E-state index >= 15 is 0 Å². The standard InChI is InChI=1S/C16H11Cl2NO/c1-19-9-11(10-5-2-3-8-14(10)19)16(20)15-12(17)6-4-7-13(15)18/h2-9H,1H3. The van der Waals surface area contributed by atoms with Crippen molar-refractivity contribution < 1.29 is 4.79 Å². The molecule has 0 amide bonds. The Bertz CT molecular complexity index is 800. The first-order chi connectivity index (χ1) is 9.59. The van der Waals surface area contributed by atoms with Crippen LogP contribution < -0.4 is 0 Å². The number of rotatable bonds is 2. The molecule has 0 aliphatic heterocycles. The molecule has 0 aliphatic carbocycles. The monoisotopic (exact) mass is 303 g/mol. The molecular weight excluding hydrogens is 293 g/mol. The highest BCUT2D eigenvalue weighted by Crippen LogP contribution is 2.30. The molecule has 0 aliphatic rings. The molecule has 1 aromatic heterocycles. The van der Waals surface area contributed by atoms with Gasteiger partial charge in [-0.3, -0.25) is 4.79 Å². The van der Waals surface area contributed by atoms with Crippen LogP contribution in [0.4, 0.5) is 0 Å². The van der Waals surface area contributed by atoms with Crippen LogP contribution in [0.1, 0.15) is 15.9 Å². The van der Waals surface area contributed by atoms with E-state index in [1.807, 2.05) is 42.1 Å². The lowest BCUT2D eigenvalue weighted by atomic mass is 10.0. The third-order valence-electron chi connectivity index (χ3n) is 3.33. The van der Waals surface area contributed by atoms with E-state index in [1.54, 1.807) is 18.2 Å². The Kier molecular flexibility index (Phi) is 3.28. The first-order valence-electron chi connectivity index (χ1n) is 6.12. The van der Waals surface area contributed by atoms with Gasteiger partial charge in [-0.25, -0.2) is 0 Å². The zero-order chi connectivity index (χ0) is 14.3. The van der Waals surface area contributed by atoms with Gasteiger partial charge in [0.05, 0.1) is 15.6 Å². The summed E-state index contributed by atoms with van der Waals surface area (Å²) in [5, 5.41) is 1.64. The van der Waals surface area contributed by atoms with E-state index < -0.39 is 0 Å². The molecule has 0 saturated carbocycles. The van der Waals surface area contributed by atoms with Gasteiger partial charge in [-0.05, 0) is 18.2 Å². The van der Waals surface area contributed by atoms with Gasteiger partial charge in [0.15, 0.2) is 5.78 Å². The Morgan fingerprint density at radius 3 is 2.35 bits per heavy atom. The van der Waals surface area contributed by atoms with Crippen LogP contribution in [0.15, 0.2) is 48.7 Å². The highest BCUT2D eigenvalue weighted by Gasteiger charge is 2.20. The number of nitrogens with zero attached hydrogens (tertiary/aromatic N) is 1. The Morgan fingerprint density at radius 2 is 1.65 bits per heavy atom. The van der Waals surface area contributed by atoms with E-state index in [4.69, 9.17) is 23.2 Å². The van der Waals surface area contributed by atoms with Crippen molar-refractivity contribution >= 4 is 39.9 Å². The van der Waals surface area contributed by atoms with Gasteiger partial charge in [-0.1, -0.05) is 47.5 Å². The molecule has 0 N–H and O–H groups in total. The van der Waals surface area contributed by atoms with Crippen LogP contribution in [0.5, 0.6) is 0 Å². The Morgan fingerprint density at radius 1 is 1.00 bits per heavy atom. The molecule has 0 saturated heterocycles. The molecule has 3 aromatic rings. The molecule has 1 heterocycles. The molecule has 0 atom stereocenters. The molecule has 20 heavy (non-hydrogen) atoms. The van der Waals surface area contributed by atoms with Crippen LogP contribution in [0.2, 0.25) is 10.0 Å². The van der Waals surface area contributed by atoms with E-state index in [-0.39, 0.29) is 5.78 Å². The number of aromatic nitrogens is 1. The minimum absolute atomic E-state index is 0.155. The van der Waals surface area contributed by atoms with Crippen molar-refractivity contribution in [1.82, 2.24) is 4.57 Å². The smallest absolute Gasteiger partial charge is 0.198 e. The number of para-hydroxylation sites is 1. The quantitative estimate of drug-likeness (QED) is 0.628. The molecule has 0 bridgehead atoms. The molecule has 2 nitrogen and oxygen atoms in total. The SMILES string of the molecule is Cn1cc(C(=O)c2c(Cl)cccc2Cl)c2ccccc21. The number of aryl methyl sites for hydroxylation is 1. The van der Waals surface area contributed by atoms with Gasteiger partial charge in [-0.2, -0.15) is 0 Å². The molecule has 0 radical (unpaired) electrons. The summed E-state index contributed by atoms with van der Waals surface area (Å²) < 4.78 is 1.92. The molecule has 0 fully saturated rings. The second kappa shape index (κ2) is 4.97. The van der Waals surface area contributed by atoms with E-state index in [0.29, 0.717) is 21.2 Å². The van der Waals surface area contributed by atoms with Crippen LogP contribution in [-0.2, 0) is 7.05 Å². The van der Waals surface area contributed by atoms with Crippen molar-refractivity contribution in [2.75, 3.05) is 0 Å². The maximum atomic E-state index is 12.7. The summed E-state index contributed by atoms with van der Waals surface area (Å²) in [6.45, 7) is 0. The molecule has 0 spiro atoms. The highest BCUT2D eigenvalue weighted by molar-refractivity contribution is 6.41. The number of fused-ring (bicyclic) bond motifs is 1. The lowest BCUT2D eigenvalue weighted by molar-refractivity contribution is 0.104. The van der Waals surface area contributed by atoms with Crippen LogP contribution in [0, 0.1) is 0 Å². The Hall–Kier alpha value is -1.77. The topological polar surface area (TPSA) is 22.0 Å². The minimum Gasteiger partial charge on any atom is -0.350 e. The first kappa shape index (κ1) is 13.2. The van der Waals surface area contributed by atoms with Crippen LogP contribution >= 0.6 is 23.2 Å². The maximum absolute atomic E-state index is 12.7. The summed E-state index contributed by atoms with van der Waals surface area (Å²) in [5.74, 6) is -0.155. The predicted molar refractivity (Wildman–Crippen MR) is 82.8 cm³/mol. The average molecular weight is 304 g/mol. The molecule has 4 heteroatoms. The lowest BCUT2D eigenvalue weighted by Crippen LogP contribution is -2.02. The summed E-state index contributed by atoms with van der Waals surface area (Å²) in [5.41, 5.74) is 1.96. The zero-order valence-corrected chi connectivity index (χ0v) is 12.2. The fourth-order valence-corrected chi connectivity index (χ4v) is 2.94. The Balaban J connectivity index is 2.24. The van der Waals surface area contributed by atoms with Gasteiger partial charge in [0.1, 0.15) is 0 Å². The summed E-state index contributed by atoms with van der Waals surface area (Å²) in [6.07, 6.45) is 1.81. The van der Waals surface area contributed by atoms with Gasteiger partial charge in [0.25, 0.3) is 0 Å². The second-order valence-electron chi connectivity index (χ2n) is 4.60. The second-order valence-corrected chi connectivity index (χ2v) is 5.41. The molecule has 3 rings (SSSR count). The molecule has 100 valence electrons. The highest BCUT2D eigenvalue weighted by atomic mass is 35.5. The number of hydrogen-bond acceptors (Lipinski definition) is 1. The number of carbonyl (C=O) groups excluding carboxylic acids is 1. The Labute approximate surface area is 126 Å². The van der Waals surface area contributed by atoms with Crippen molar-refractivity contribution in [2.24, 2.45) is 7.05 Å². The van der Waals surface area contributed by atoms with Crippen molar-refractivity contribution in [3.8, 4) is 0 Å². The predicted octanol–water partition coefficient (Wildman–Crippen LogP) is 4.72. The fourth-order valence-electron chi connectivity index (χ4n) is 2.37. The van der Waals surface area contributed by atoms with Crippen LogP contribution in [-0.4, -0.2) is 10.4 Å². The fraction of sp³-hybridized carbons (Fsp3) is 0.0625. The lowest BCUT2D eigenvalue weighted by Gasteiger charge is -2.05. The van der Waals surface area contributed by atoms with E-state index in [0.717, 1.165) is 10.9 Å². The summed E-state index contributed by atoms with van der Waals surface area (Å²) in [6, 6.07) is 12.8. The number of benzene rings is 2. The first-order valence-corrected chi connectivity index (χ1v) is 6.88. The van der Waals surface area contributed by atoms with Gasteiger partial charge in [0.2, 0.25) is 0 Å². The van der Waals surface area contributed by atoms with E-state index in [2.05, 4.69) is 0 Å². The van der Waals surface area contributed by atoms with Crippen LogP contribution in [0.25, 0.3) is 10.9 Å². The third-order valence-corrected chi connectivity index (χ3v) is 3.96. The molecule has 2 aromatic carbocycles. The third kappa shape index (κ3) is 2.01. The average Bonchev–Trinajstić information content (AvgIpc) is 2.76. The van der Waals surface area contributed by atoms with Crippen molar-refractivity contribution in [1.29, 1.82) is 0 Å². The number of hydrogen-bond donors (Lipinski definition) is 0.